The molecule has 29 heavy (non-hydrogen) atoms. The summed E-state index contributed by atoms with van der Waals surface area (Å²) in [5.74, 6) is -0.339. The lowest BCUT2D eigenvalue weighted by molar-refractivity contribution is 0.102. The number of anilines is 2. The van der Waals surface area contributed by atoms with E-state index in [4.69, 9.17) is 0 Å². The molecule has 1 aromatic heterocycles. The minimum Gasteiger partial charge on any atom is -0.298 e. The van der Waals surface area contributed by atoms with Crippen molar-refractivity contribution in [1.82, 2.24) is 4.98 Å². The van der Waals surface area contributed by atoms with Gasteiger partial charge in [0.15, 0.2) is 5.13 Å². The molecular weight excluding hydrogens is 406 g/mol. The Hall–Kier alpha value is -2.71. The Balaban J connectivity index is 1.49. The molecule has 150 valence electrons. The number of benzene rings is 2. The summed E-state index contributed by atoms with van der Waals surface area (Å²) < 4.78 is 25.1. The van der Waals surface area contributed by atoms with Crippen LogP contribution in [0.15, 0.2) is 47.8 Å². The zero-order valence-electron chi connectivity index (χ0n) is 15.9. The molecule has 0 saturated heterocycles. The van der Waals surface area contributed by atoms with Crippen molar-refractivity contribution < 1.29 is 13.2 Å². The summed E-state index contributed by atoms with van der Waals surface area (Å²) in [6.07, 6.45) is 5.79. The first-order chi connectivity index (χ1) is 13.9. The summed E-state index contributed by atoms with van der Waals surface area (Å²) in [7, 11) is -3.40. The monoisotopic (exact) mass is 427 g/mol. The average molecular weight is 428 g/mol. The molecule has 1 aliphatic rings. The molecule has 0 saturated carbocycles. The molecule has 1 aliphatic carbocycles. The van der Waals surface area contributed by atoms with E-state index in [1.807, 2.05) is 5.38 Å². The highest BCUT2D eigenvalue weighted by molar-refractivity contribution is 7.92. The Labute approximate surface area is 174 Å². The van der Waals surface area contributed by atoms with Crippen LogP contribution in [0.3, 0.4) is 0 Å². The molecule has 8 heteroatoms. The van der Waals surface area contributed by atoms with Crippen LogP contribution in [0.4, 0.5) is 10.8 Å². The Kier molecular flexibility index (Phi) is 5.38. The first-order valence-electron chi connectivity index (χ1n) is 9.34. The minimum atomic E-state index is -3.40. The second-order valence-corrected chi connectivity index (χ2v) is 9.74. The number of carbonyl (C=O) groups is 1. The van der Waals surface area contributed by atoms with Gasteiger partial charge in [0.2, 0.25) is 10.0 Å². The van der Waals surface area contributed by atoms with Crippen LogP contribution in [-0.2, 0) is 22.9 Å². The molecule has 0 fully saturated rings. The Morgan fingerprint density at radius 2 is 1.86 bits per heavy atom. The Morgan fingerprint density at radius 3 is 2.66 bits per heavy atom. The summed E-state index contributed by atoms with van der Waals surface area (Å²) in [6.45, 7) is 0. The maximum Gasteiger partial charge on any atom is 0.257 e. The lowest BCUT2D eigenvalue weighted by Crippen LogP contribution is -2.13. The van der Waals surface area contributed by atoms with Crippen LogP contribution in [0.1, 0.15) is 34.3 Å². The quantitative estimate of drug-likeness (QED) is 0.635. The molecule has 0 bridgehead atoms. The van der Waals surface area contributed by atoms with Gasteiger partial charge < -0.3 is 0 Å². The number of aromatic nitrogens is 1. The van der Waals surface area contributed by atoms with Gasteiger partial charge in [-0.15, -0.1) is 11.3 Å². The van der Waals surface area contributed by atoms with Crippen molar-refractivity contribution >= 4 is 38.1 Å². The van der Waals surface area contributed by atoms with Gasteiger partial charge in [-0.2, -0.15) is 0 Å². The van der Waals surface area contributed by atoms with Gasteiger partial charge in [0.25, 0.3) is 5.91 Å². The molecule has 0 atom stereocenters. The fourth-order valence-electron chi connectivity index (χ4n) is 3.46. The van der Waals surface area contributed by atoms with Gasteiger partial charge in [-0.25, -0.2) is 13.4 Å². The van der Waals surface area contributed by atoms with Gasteiger partial charge in [0.1, 0.15) is 0 Å². The molecule has 4 rings (SSSR count). The third kappa shape index (κ3) is 4.83. The maximum atomic E-state index is 12.5. The average Bonchev–Trinajstić information content (AvgIpc) is 3.15. The number of hydrogen-bond acceptors (Lipinski definition) is 5. The number of hydrogen-bond donors (Lipinski definition) is 2. The fourth-order valence-corrected chi connectivity index (χ4v) is 4.73. The SMILES string of the molecule is CS(=O)(=O)Nc1cccc(C(=O)Nc2nc(-c3ccc4c(c3)CCCC4)cs2)c1. The summed E-state index contributed by atoms with van der Waals surface area (Å²) >= 11 is 1.36. The van der Waals surface area contributed by atoms with E-state index in [0.29, 0.717) is 16.4 Å². The number of fused-ring (bicyclic) bond motifs is 1. The number of nitrogens with one attached hydrogen (secondary N) is 2. The third-order valence-corrected chi connectivity index (χ3v) is 6.16. The lowest BCUT2D eigenvalue weighted by Gasteiger charge is -2.16. The molecule has 2 aromatic carbocycles. The van der Waals surface area contributed by atoms with Crippen molar-refractivity contribution in [3.63, 3.8) is 0 Å². The van der Waals surface area contributed by atoms with Gasteiger partial charge in [-0.1, -0.05) is 18.2 Å². The number of aryl methyl sites for hydroxylation is 2. The highest BCUT2D eigenvalue weighted by Crippen LogP contribution is 2.29. The second kappa shape index (κ2) is 7.96. The topological polar surface area (TPSA) is 88.2 Å². The molecule has 2 N–H and O–H groups in total. The largest absolute Gasteiger partial charge is 0.298 e. The van der Waals surface area contributed by atoms with Crippen molar-refractivity contribution in [2.45, 2.75) is 25.7 Å². The zero-order chi connectivity index (χ0) is 20.4. The van der Waals surface area contributed by atoms with Crippen LogP contribution in [0, 0.1) is 0 Å². The standard InChI is InChI=1S/C21H21N3O3S2/c1-29(26,27)24-18-8-4-7-17(12-18)20(25)23-21-22-19(13-28-21)16-10-9-14-5-2-3-6-15(14)11-16/h4,7-13,24H,2-3,5-6H2,1H3,(H,22,23,25). The summed E-state index contributed by atoms with van der Waals surface area (Å²) in [4.78, 5) is 17.1. The van der Waals surface area contributed by atoms with E-state index in [2.05, 4.69) is 33.2 Å². The van der Waals surface area contributed by atoms with E-state index in [9.17, 15) is 13.2 Å². The number of amides is 1. The first kappa shape index (κ1) is 19.6. The molecule has 6 nitrogen and oxygen atoms in total. The Bertz CT molecular complexity index is 1170. The van der Waals surface area contributed by atoms with Crippen LogP contribution in [0.25, 0.3) is 11.3 Å². The molecule has 0 aliphatic heterocycles. The van der Waals surface area contributed by atoms with Crippen molar-refractivity contribution in [3.05, 3.63) is 64.5 Å². The number of rotatable bonds is 5. The summed E-state index contributed by atoms with van der Waals surface area (Å²) in [5.41, 5.74) is 5.40. The van der Waals surface area contributed by atoms with Crippen molar-refractivity contribution in [2.24, 2.45) is 0 Å². The molecule has 0 spiro atoms. The number of carbonyl (C=O) groups excluding carboxylic acids is 1. The Morgan fingerprint density at radius 1 is 1.07 bits per heavy atom. The van der Waals surface area contributed by atoms with Crippen molar-refractivity contribution in [2.75, 3.05) is 16.3 Å². The van der Waals surface area contributed by atoms with E-state index in [0.717, 1.165) is 30.4 Å². The van der Waals surface area contributed by atoms with Crippen LogP contribution < -0.4 is 10.0 Å². The molecule has 3 aromatic rings. The number of thiazole rings is 1. The summed E-state index contributed by atoms with van der Waals surface area (Å²) in [6, 6.07) is 12.8. The molecule has 1 amide bonds. The van der Waals surface area contributed by atoms with E-state index in [-0.39, 0.29) is 5.91 Å². The molecule has 0 radical (unpaired) electrons. The van der Waals surface area contributed by atoms with Gasteiger partial charge >= 0.3 is 0 Å². The first-order valence-corrected chi connectivity index (χ1v) is 12.1. The van der Waals surface area contributed by atoms with E-state index < -0.39 is 10.0 Å². The fraction of sp³-hybridized carbons (Fsp3) is 0.238. The van der Waals surface area contributed by atoms with Gasteiger partial charge in [0, 0.05) is 22.2 Å². The molecular formula is C21H21N3O3S2. The van der Waals surface area contributed by atoms with Gasteiger partial charge in [-0.05, 0) is 61.1 Å². The maximum absolute atomic E-state index is 12.5. The third-order valence-electron chi connectivity index (χ3n) is 4.80. The van der Waals surface area contributed by atoms with E-state index >= 15 is 0 Å². The van der Waals surface area contributed by atoms with Crippen LogP contribution in [0.5, 0.6) is 0 Å². The van der Waals surface area contributed by atoms with Crippen LogP contribution >= 0.6 is 11.3 Å². The van der Waals surface area contributed by atoms with Crippen molar-refractivity contribution in [3.8, 4) is 11.3 Å². The normalized spacial score (nSPS) is 13.6. The minimum absolute atomic E-state index is 0.339. The molecule has 1 heterocycles. The lowest BCUT2D eigenvalue weighted by atomic mass is 9.90. The van der Waals surface area contributed by atoms with Crippen molar-refractivity contribution in [1.29, 1.82) is 0 Å². The number of sulfonamides is 1. The zero-order valence-corrected chi connectivity index (χ0v) is 17.6. The predicted molar refractivity (Wildman–Crippen MR) is 117 cm³/mol. The van der Waals surface area contributed by atoms with Gasteiger partial charge in [0.05, 0.1) is 11.9 Å². The summed E-state index contributed by atoms with van der Waals surface area (Å²) in [5, 5.41) is 5.23. The van der Waals surface area contributed by atoms with E-state index in [1.165, 1.54) is 41.4 Å². The molecule has 0 unspecified atom stereocenters. The smallest absolute Gasteiger partial charge is 0.257 e. The van der Waals surface area contributed by atoms with Crippen LogP contribution in [-0.4, -0.2) is 25.6 Å². The van der Waals surface area contributed by atoms with E-state index in [1.54, 1.807) is 18.2 Å². The predicted octanol–water partition coefficient (Wildman–Crippen LogP) is 4.31. The second-order valence-electron chi connectivity index (χ2n) is 7.14. The highest BCUT2D eigenvalue weighted by Gasteiger charge is 2.14. The van der Waals surface area contributed by atoms with Gasteiger partial charge in [-0.3, -0.25) is 14.8 Å². The highest BCUT2D eigenvalue weighted by atomic mass is 32.2. The number of nitrogens with zero attached hydrogens (tertiary/aromatic N) is 1. The van der Waals surface area contributed by atoms with Crippen LogP contribution in [0.2, 0.25) is 0 Å².